The van der Waals surface area contributed by atoms with E-state index >= 15 is 0 Å². The molecule has 0 aromatic heterocycles. The Labute approximate surface area is 184 Å². The molecule has 0 fully saturated rings. The summed E-state index contributed by atoms with van der Waals surface area (Å²) in [6.45, 7) is 3.71. The van der Waals surface area contributed by atoms with Crippen molar-refractivity contribution in [2.45, 2.75) is 141 Å². The highest BCUT2D eigenvalue weighted by Crippen LogP contribution is 2.28. The zero-order valence-corrected chi connectivity index (χ0v) is 19.7. The van der Waals surface area contributed by atoms with Crippen molar-refractivity contribution >= 4 is 5.97 Å². The molecule has 30 heavy (non-hydrogen) atoms. The highest BCUT2D eigenvalue weighted by Gasteiger charge is 2.53. The number of hydrogen-bond acceptors (Lipinski definition) is 6. The molecule has 0 aliphatic heterocycles. The number of hydrogen-bond donors (Lipinski definition) is 4. The van der Waals surface area contributed by atoms with Gasteiger partial charge in [0.2, 0.25) is 0 Å². The summed E-state index contributed by atoms with van der Waals surface area (Å²) in [5.74, 6) is -3.23. The highest BCUT2D eigenvalue weighted by molar-refractivity contribution is 5.69. The predicted octanol–water partition coefficient (Wildman–Crippen LogP) is 4.60. The third-order valence-electron chi connectivity index (χ3n) is 5.90. The van der Waals surface area contributed by atoms with E-state index < -0.39 is 30.1 Å². The van der Waals surface area contributed by atoms with E-state index in [4.69, 9.17) is 4.74 Å². The Balaban J connectivity index is 3.67. The third-order valence-corrected chi connectivity index (χ3v) is 5.90. The van der Waals surface area contributed by atoms with Gasteiger partial charge in [-0.15, -0.1) is 0 Å². The van der Waals surface area contributed by atoms with Gasteiger partial charge in [-0.2, -0.15) is 0 Å². The van der Waals surface area contributed by atoms with Crippen LogP contribution in [0.5, 0.6) is 0 Å². The van der Waals surface area contributed by atoms with Crippen molar-refractivity contribution in [3.05, 3.63) is 0 Å². The van der Waals surface area contributed by atoms with Crippen LogP contribution < -0.4 is 0 Å². The van der Waals surface area contributed by atoms with Gasteiger partial charge in [0.05, 0.1) is 6.61 Å². The first-order valence-electron chi connectivity index (χ1n) is 12.2. The molecular weight excluding hydrogens is 384 g/mol. The lowest BCUT2D eigenvalue weighted by Gasteiger charge is -2.40. The van der Waals surface area contributed by atoms with Crippen LogP contribution >= 0.6 is 0 Å². The summed E-state index contributed by atoms with van der Waals surface area (Å²) in [7, 11) is 0. The molecule has 0 saturated carbocycles. The van der Waals surface area contributed by atoms with Crippen LogP contribution in [0.4, 0.5) is 0 Å². The second-order valence-corrected chi connectivity index (χ2v) is 8.98. The fourth-order valence-electron chi connectivity index (χ4n) is 3.62. The quantitative estimate of drug-likeness (QED) is 0.127. The van der Waals surface area contributed by atoms with Gasteiger partial charge in [-0.3, -0.25) is 4.79 Å². The molecule has 0 radical (unpaired) electrons. The van der Waals surface area contributed by atoms with Crippen LogP contribution in [-0.2, 0) is 9.53 Å². The molecule has 4 N–H and O–H groups in total. The Morgan fingerprint density at radius 1 is 0.800 bits per heavy atom. The Bertz CT molecular complexity index is 424. The van der Waals surface area contributed by atoms with Gasteiger partial charge in [-0.25, -0.2) is 0 Å². The fraction of sp³-hybridized carbons (Fsp3) is 0.958. The van der Waals surface area contributed by atoms with E-state index in [2.05, 4.69) is 6.92 Å². The topological polar surface area (TPSA) is 107 Å². The van der Waals surface area contributed by atoms with Crippen LogP contribution in [0.2, 0.25) is 0 Å². The van der Waals surface area contributed by atoms with Crippen molar-refractivity contribution in [2.24, 2.45) is 0 Å². The highest BCUT2D eigenvalue weighted by atomic mass is 16.7. The first-order chi connectivity index (χ1) is 14.2. The van der Waals surface area contributed by atoms with Gasteiger partial charge in [0, 0.05) is 6.42 Å². The van der Waals surface area contributed by atoms with Gasteiger partial charge in [0.1, 0.15) is 6.10 Å². The number of rotatable bonds is 20. The van der Waals surface area contributed by atoms with Crippen molar-refractivity contribution in [3.8, 4) is 0 Å². The minimum absolute atomic E-state index is 0.106. The molecule has 0 saturated heterocycles. The normalized spacial score (nSPS) is 16.6. The van der Waals surface area contributed by atoms with Crippen molar-refractivity contribution in [1.29, 1.82) is 0 Å². The molecule has 0 bridgehead atoms. The van der Waals surface area contributed by atoms with Gasteiger partial charge in [-0.1, -0.05) is 96.8 Å². The first-order valence-corrected chi connectivity index (χ1v) is 12.2. The molecule has 180 valence electrons. The predicted molar refractivity (Wildman–Crippen MR) is 120 cm³/mol. The van der Waals surface area contributed by atoms with Crippen LogP contribution in [0.3, 0.4) is 0 Å². The Morgan fingerprint density at radius 3 is 1.50 bits per heavy atom. The summed E-state index contributed by atoms with van der Waals surface area (Å²) < 4.78 is 4.93. The molecule has 6 heteroatoms. The number of esters is 1. The Hall–Kier alpha value is -0.690. The minimum atomic E-state index is -2.53. The van der Waals surface area contributed by atoms with E-state index in [0.29, 0.717) is 6.42 Å². The molecule has 6 nitrogen and oxygen atoms in total. The molecule has 0 aromatic carbocycles. The van der Waals surface area contributed by atoms with E-state index in [-0.39, 0.29) is 6.42 Å². The Morgan fingerprint density at radius 2 is 1.17 bits per heavy atom. The maximum atomic E-state index is 12.0. The molecule has 0 heterocycles. The summed E-state index contributed by atoms with van der Waals surface area (Å²) in [4.78, 5) is 12.0. The molecular formula is C24H48O6. The summed E-state index contributed by atoms with van der Waals surface area (Å²) in [6, 6.07) is 0. The van der Waals surface area contributed by atoms with Crippen LogP contribution in [0, 0.1) is 0 Å². The van der Waals surface area contributed by atoms with Gasteiger partial charge in [0.25, 0.3) is 5.79 Å². The second-order valence-electron chi connectivity index (χ2n) is 8.98. The number of aliphatic hydroxyl groups is 4. The number of unbranched alkanes of at least 4 members (excludes halogenated alkanes) is 14. The fourth-order valence-corrected chi connectivity index (χ4v) is 3.62. The second kappa shape index (κ2) is 16.9. The van der Waals surface area contributed by atoms with E-state index in [0.717, 1.165) is 26.2 Å². The average molecular weight is 433 g/mol. The van der Waals surface area contributed by atoms with E-state index in [1.54, 1.807) is 0 Å². The van der Waals surface area contributed by atoms with Crippen LogP contribution in [0.25, 0.3) is 0 Å². The summed E-state index contributed by atoms with van der Waals surface area (Å²) in [6.07, 6.45) is 17.0. The summed E-state index contributed by atoms with van der Waals surface area (Å²) in [5, 5.41) is 39.2. The van der Waals surface area contributed by atoms with E-state index in [9.17, 15) is 25.2 Å². The molecule has 0 spiro atoms. The summed E-state index contributed by atoms with van der Waals surface area (Å²) >= 11 is 0. The minimum Gasteiger partial charge on any atom is -0.427 e. The largest absolute Gasteiger partial charge is 0.427 e. The molecule has 3 unspecified atom stereocenters. The van der Waals surface area contributed by atoms with Crippen LogP contribution in [0.1, 0.15) is 124 Å². The van der Waals surface area contributed by atoms with E-state index in [1.807, 2.05) is 0 Å². The van der Waals surface area contributed by atoms with Crippen molar-refractivity contribution in [1.82, 2.24) is 0 Å². The number of carbonyl (C=O) groups excluding carboxylic acids is 1. The first kappa shape index (κ1) is 29.3. The lowest BCUT2D eigenvalue weighted by atomic mass is 9.91. The zero-order chi connectivity index (χ0) is 22.9. The third kappa shape index (κ3) is 12.2. The maximum absolute atomic E-state index is 12.0. The molecule has 0 aliphatic rings. The maximum Gasteiger partial charge on any atom is 0.308 e. The zero-order valence-electron chi connectivity index (χ0n) is 19.7. The number of carbonyl (C=O) groups is 1. The summed E-state index contributed by atoms with van der Waals surface area (Å²) in [5.41, 5.74) is -2.15. The molecule has 0 amide bonds. The van der Waals surface area contributed by atoms with Crippen molar-refractivity contribution in [2.75, 3.05) is 6.61 Å². The average Bonchev–Trinajstić information content (AvgIpc) is 2.70. The smallest absolute Gasteiger partial charge is 0.308 e. The van der Waals surface area contributed by atoms with Gasteiger partial charge in [-0.05, 0) is 20.3 Å². The van der Waals surface area contributed by atoms with Crippen LogP contribution in [0.15, 0.2) is 0 Å². The molecule has 0 aliphatic carbocycles. The van der Waals surface area contributed by atoms with E-state index in [1.165, 1.54) is 77.6 Å². The van der Waals surface area contributed by atoms with Crippen LogP contribution in [-0.4, -0.2) is 50.5 Å². The molecule has 3 atom stereocenters. The molecule has 0 aromatic rings. The number of aliphatic hydroxyl groups excluding tert-OH is 2. The monoisotopic (exact) mass is 432 g/mol. The van der Waals surface area contributed by atoms with Crippen molar-refractivity contribution < 1.29 is 30.0 Å². The molecule has 0 rings (SSSR count). The van der Waals surface area contributed by atoms with Gasteiger partial charge >= 0.3 is 5.97 Å². The number of ether oxygens (including phenoxy) is 1. The van der Waals surface area contributed by atoms with Gasteiger partial charge in [0.15, 0.2) is 5.60 Å². The lowest BCUT2D eigenvalue weighted by molar-refractivity contribution is -0.320. The SMILES string of the molecule is CCCCCCCCCCCCCCCCCC(=O)OC(O)(C(C)O)C(C)(O)CO. The standard InChI is InChI=1S/C24H48O6/c1-4-5-6-7-8-9-10-11-12-13-14-15-16-17-18-19-22(27)30-24(29,21(2)26)23(3,28)20-25/h21,25-26,28-29H,4-20H2,1-3H3. The van der Waals surface area contributed by atoms with Crippen molar-refractivity contribution in [3.63, 3.8) is 0 Å². The lowest BCUT2D eigenvalue weighted by Crippen LogP contribution is -2.63. The Kier molecular flexibility index (Phi) is 16.5. The van der Waals surface area contributed by atoms with Gasteiger partial charge < -0.3 is 25.2 Å².